The molecule has 102 valence electrons. The van der Waals surface area contributed by atoms with Gasteiger partial charge in [0.2, 0.25) is 5.91 Å². The van der Waals surface area contributed by atoms with Crippen LogP contribution in [0.5, 0.6) is 0 Å². The number of rotatable bonds is 3. The first-order valence-electron chi connectivity index (χ1n) is 6.23. The van der Waals surface area contributed by atoms with Crippen molar-refractivity contribution in [2.45, 2.75) is 24.2 Å². The summed E-state index contributed by atoms with van der Waals surface area (Å²) in [4.78, 5) is 12.3. The number of nitrogens with one attached hydrogen (secondary N) is 1. The van der Waals surface area contributed by atoms with Crippen molar-refractivity contribution >= 4 is 21.4 Å². The Hall–Kier alpha value is -1.62. The molecule has 0 spiro atoms. The van der Waals surface area contributed by atoms with Crippen LogP contribution in [0, 0.1) is 5.92 Å². The number of hydrogen-bond acceptors (Lipinski definition) is 3. The second-order valence-corrected chi connectivity index (χ2v) is 6.79. The SMILES string of the molecule is CS(=O)(=O)c1cccc(NC(=O)[C@H]2CC=CCC2)c1. The molecule has 19 heavy (non-hydrogen) atoms. The molecule has 1 aliphatic rings. The van der Waals surface area contributed by atoms with Crippen LogP contribution in [0.15, 0.2) is 41.3 Å². The summed E-state index contributed by atoms with van der Waals surface area (Å²) in [5.74, 6) is -0.0677. The van der Waals surface area contributed by atoms with Gasteiger partial charge in [-0.25, -0.2) is 8.42 Å². The van der Waals surface area contributed by atoms with Crippen molar-refractivity contribution < 1.29 is 13.2 Å². The Morgan fingerprint density at radius 1 is 1.32 bits per heavy atom. The Morgan fingerprint density at radius 2 is 2.11 bits per heavy atom. The second kappa shape index (κ2) is 5.57. The molecule has 1 aromatic rings. The van der Waals surface area contributed by atoms with Gasteiger partial charge in [-0.2, -0.15) is 0 Å². The van der Waals surface area contributed by atoms with Crippen LogP contribution in [-0.4, -0.2) is 20.6 Å². The maximum absolute atomic E-state index is 12.0. The largest absolute Gasteiger partial charge is 0.326 e. The fourth-order valence-corrected chi connectivity index (χ4v) is 2.75. The lowest BCUT2D eigenvalue weighted by molar-refractivity contribution is -0.120. The summed E-state index contributed by atoms with van der Waals surface area (Å²) in [5, 5.41) is 2.79. The highest BCUT2D eigenvalue weighted by Crippen LogP contribution is 2.21. The van der Waals surface area contributed by atoms with Crippen molar-refractivity contribution in [3.8, 4) is 0 Å². The molecule has 1 atom stereocenters. The molecule has 0 unspecified atom stereocenters. The van der Waals surface area contributed by atoms with Gasteiger partial charge in [-0.15, -0.1) is 0 Å². The first-order valence-corrected chi connectivity index (χ1v) is 8.12. The molecule has 4 nitrogen and oxygen atoms in total. The van der Waals surface area contributed by atoms with Gasteiger partial charge < -0.3 is 5.32 Å². The van der Waals surface area contributed by atoms with E-state index in [-0.39, 0.29) is 16.7 Å². The van der Waals surface area contributed by atoms with Gasteiger partial charge in [-0.3, -0.25) is 4.79 Å². The number of amides is 1. The molecule has 0 saturated heterocycles. The standard InChI is InChI=1S/C14H17NO3S/c1-19(17,18)13-9-5-8-12(10-13)15-14(16)11-6-3-2-4-7-11/h2-3,5,8-11H,4,6-7H2,1H3,(H,15,16)/t11-/m0/s1. The van der Waals surface area contributed by atoms with E-state index in [2.05, 4.69) is 11.4 Å². The van der Waals surface area contributed by atoms with Crippen LogP contribution in [0.25, 0.3) is 0 Å². The van der Waals surface area contributed by atoms with E-state index in [1.165, 1.54) is 12.1 Å². The van der Waals surface area contributed by atoms with Crippen molar-refractivity contribution in [2.75, 3.05) is 11.6 Å². The number of carbonyl (C=O) groups is 1. The summed E-state index contributed by atoms with van der Waals surface area (Å²) in [5.41, 5.74) is 0.530. The maximum atomic E-state index is 12.0. The number of allylic oxidation sites excluding steroid dienone is 2. The first-order chi connectivity index (χ1) is 8.97. The average molecular weight is 279 g/mol. The summed E-state index contributed by atoms with van der Waals surface area (Å²) in [6.45, 7) is 0. The molecule has 1 amide bonds. The number of anilines is 1. The van der Waals surface area contributed by atoms with Crippen LogP contribution in [0.2, 0.25) is 0 Å². The normalized spacial score (nSPS) is 19.1. The molecular formula is C14H17NO3S. The Morgan fingerprint density at radius 3 is 2.74 bits per heavy atom. The molecule has 1 aliphatic carbocycles. The number of hydrogen-bond donors (Lipinski definition) is 1. The Bertz CT molecular complexity index is 605. The summed E-state index contributed by atoms with van der Waals surface area (Å²) in [7, 11) is -3.25. The van der Waals surface area contributed by atoms with Crippen molar-refractivity contribution in [1.29, 1.82) is 0 Å². The lowest BCUT2D eigenvalue weighted by Gasteiger charge is -2.17. The maximum Gasteiger partial charge on any atom is 0.227 e. The fraction of sp³-hybridized carbons (Fsp3) is 0.357. The second-order valence-electron chi connectivity index (χ2n) is 4.77. The molecule has 1 aromatic carbocycles. The summed E-state index contributed by atoms with van der Waals surface area (Å²) in [6.07, 6.45) is 7.75. The topological polar surface area (TPSA) is 63.2 Å². The fourth-order valence-electron chi connectivity index (χ4n) is 2.08. The zero-order chi connectivity index (χ0) is 13.9. The number of sulfone groups is 1. The minimum absolute atomic E-state index is 0.0214. The van der Waals surface area contributed by atoms with E-state index >= 15 is 0 Å². The van der Waals surface area contributed by atoms with Crippen LogP contribution in [-0.2, 0) is 14.6 Å². The van der Waals surface area contributed by atoms with Crippen LogP contribution >= 0.6 is 0 Å². The van der Waals surface area contributed by atoms with Gasteiger partial charge in [0.25, 0.3) is 0 Å². The van der Waals surface area contributed by atoms with Crippen molar-refractivity contribution in [3.63, 3.8) is 0 Å². The Labute approximate surface area is 113 Å². The molecule has 0 fully saturated rings. The molecular weight excluding hydrogens is 262 g/mol. The van der Waals surface area contributed by atoms with E-state index in [0.29, 0.717) is 5.69 Å². The quantitative estimate of drug-likeness (QED) is 0.864. The van der Waals surface area contributed by atoms with Gasteiger partial charge in [0.05, 0.1) is 4.90 Å². The highest BCUT2D eigenvalue weighted by atomic mass is 32.2. The molecule has 0 radical (unpaired) electrons. The van der Waals surface area contributed by atoms with E-state index in [4.69, 9.17) is 0 Å². The molecule has 1 N–H and O–H groups in total. The Balaban J connectivity index is 2.11. The van der Waals surface area contributed by atoms with Crippen LogP contribution < -0.4 is 5.32 Å². The molecule has 0 bridgehead atoms. The third-order valence-electron chi connectivity index (χ3n) is 3.17. The molecule has 5 heteroatoms. The molecule has 0 aromatic heterocycles. The number of carbonyl (C=O) groups excluding carboxylic acids is 1. The highest BCUT2D eigenvalue weighted by molar-refractivity contribution is 7.90. The third kappa shape index (κ3) is 3.67. The van der Waals surface area contributed by atoms with Crippen LogP contribution in [0.1, 0.15) is 19.3 Å². The van der Waals surface area contributed by atoms with Gasteiger partial charge in [0, 0.05) is 17.9 Å². The van der Waals surface area contributed by atoms with Crippen molar-refractivity contribution in [3.05, 3.63) is 36.4 Å². The third-order valence-corrected chi connectivity index (χ3v) is 4.28. The van der Waals surface area contributed by atoms with E-state index in [1.807, 2.05) is 6.08 Å². The van der Waals surface area contributed by atoms with E-state index in [1.54, 1.807) is 12.1 Å². The zero-order valence-corrected chi connectivity index (χ0v) is 11.6. The van der Waals surface area contributed by atoms with E-state index in [0.717, 1.165) is 25.5 Å². The van der Waals surface area contributed by atoms with Gasteiger partial charge in [-0.1, -0.05) is 18.2 Å². The smallest absolute Gasteiger partial charge is 0.227 e. The van der Waals surface area contributed by atoms with Crippen molar-refractivity contribution in [1.82, 2.24) is 0 Å². The molecule has 0 aliphatic heterocycles. The van der Waals surface area contributed by atoms with Crippen molar-refractivity contribution in [2.24, 2.45) is 5.92 Å². The predicted octanol–water partition coefficient (Wildman–Crippen LogP) is 2.38. The summed E-state index contributed by atoms with van der Waals surface area (Å²) >= 11 is 0. The van der Waals surface area contributed by atoms with Gasteiger partial charge >= 0.3 is 0 Å². The van der Waals surface area contributed by atoms with Crippen LogP contribution in [0.3, 0.4) is 0 Å². The Kier molecular flexibility index (Phi) is 4.04. The predicted molar refractivity (Wildman–Crippen MR) is 74.7 cm³/mol. The van der Waals surface area contributed by atoms with Gasteiger partial charge in [0.15, 0.2) is 9.84 Å². The van der Waals surface area contributed by atoms with Gasteiger partial charge in [-0.05, 0) is 37.5 Å². The van der Waals surface area contributed by atoms with E-state index in [9.17, 15) is 13.2 Å². The molecule has 0 heterocycles. The highest BCUT2D eigenvalue weighted by Gasteiger charge is 2.19. The molecule has 2 rings (SSSR count). The van der Waals surface area contributed by atoms with Crippen LogP contribution in [0.4, 0.5) is 5.69 Å². The molecule has 0 saturated carbocycles. The minimum Gasteiger partial charge on any atom is -0.326 e. The lowest BCUT2D eigenvalue weighted by atomic mass is 9.93. The lowest BCUT2D eigenvalue weighted by Crippen LogP contribution is -2.23. The first kappa shape index (κ1) is 13.8. The average Bonchev–Trinajstić information content (AvgIpc) is 2.39. The zero-order valence-electron chi connectivity index (χ0n) is 10.8. The summed E-state index contributed by atoms with van der Waals surface area (Å²) < 4.78 is 22.9. The monoisotopic (exact) mass is 279 g/mol. The number of benzene rings is 1. The van der Waals surface area contributed by atoms with E-state index < -0.39 is 9.84 Å². The minimum atomic E-state index is -3.25. The van der Waals surface area contributed by atoms with Gasteiger partial charge in [0.1, 0.15) is 0 Å². The summed E-state index contributed by atoms with van der Waals surface area (Å²) in [6, 6.07) is 6.35.